The van der Waals surface area contributed by atoms with E-state index in [1.807, 2.05) is 19.2 Å². The summed E-state index contributed by atoms with van der Waals surface area (Å²) in [5.41, 5.74) is 1.34. The highest BCUT2D eigenvalue weighted by atomic mass is 35.5. The number of halogens is 1. The first-order chi connectivity index (χ1) is 7.54. The molecule has 0 aromatic heterocycles. The lowest BCUT2D eigenvalue weighted by Gasteiger charge is -2.26. The summed E-state index contributed by atoms with van der Waals surface area (Å²) in [5, 5.41) is 4.22. The van der Waals surface area contributed by atoms with Gasteiger partial charge in [-0.15, -0.1) is 0 Å². The molecule has 16 heavy (non-hydrogen) atoms. The molecule has 1 nitrogen and oxygen atoms in total. The highest BCUT2D eigenvalue weighted by Gasteiger charge is 2.18. The van der Waals surface area contributed by atoms with Crippen molar-refractivity contribution in [1.29, 1.82) is 0 Å². The van der Waals surface area contributed by atoms with Crippen molar-refractivity contribution in [1.82, 2.24) is 5.32 Å². The molecule has 0 saturated heterocycles. The smallest absolute Gasteiger partial charge is 0.0406 e. The molecule has 0 bridgehead atoms. The van der Waals surface area contributed by atoms with Crippen LogP contribution in [0.5, 0.6) is 0 Å². The van der Waals surface area contributed by atoms with E-state index in [1.165, 1.54) is 5.56 Å². The Labute approximate surface area is 104 Å². The van der Waals surface area contributed by atoms with E-state index in [0.29, 0.717) is 17.9 Å². The Hall–Kier alpha value is -0.530. The van der Waals surface area contributed by atoms with E-state index in [4.69, 9.17) is 11.6 Å². The summed E-state index contributed by atoms with van der Waals surface area (Å²) in [4.78, 5) is 0. The zero-order valence-corrected chi connectivity index (χ0v) is 11.4. The van der Waals surface area contributed by atoms with E-state index in [0.717, 1.165) is 11.4 Å². The van der Waals surface area contributed by atoms with Crippen molar-refractivity contribution in [3.63, 3.8) is 0 Å². The van der Waals surface area contributed by atoms with Gasteiger partial charge in [-0.3, -0.25) is 0 Å². The molecule has 1 aromatic carbocycles. The Morgan fingerprint density at radius 3 is 2.12 bits per heavy atom. The first-order valence-corrected chi connectivity index (χ1v) is 6.34. The van der Waals surface area contributed by atoms with Crippen LogP contribution in [0.1, 0.15) is 26.3 Å². The monoisotopic (exact) mass is 239 g/mol. The third-order valence-electron chi connectivity index (χ3n) is 3.43. The Balaban J connectivity index is 2.66. The van der Waals surface area contributed by atoms with Crippen molar-refractivity contribution in [3.8, 4) is 0 Å². The van der Waals surface area contributed by atoms with Gasteiger partial charge in [0.15, 0.2) is 0 Å². The summed E-state index contributed by atoms with van der Waals surface area (Å²) in [6.45, 7) is 6.86. The summed E-state index contributed by atoms with van der Waals surface area (Å²) in [7, 11) is 2.04. The molecule has 0 amide bonds. The maximum atomic E-state index is 5.88. The van der Waals surface area contributed by atoms with Crippen molar-refractivity contribution >= 4 is 11.6 Å². The average Bonchev–Trinajstić information content (AvgIpc) is 2.27. The van der Waals surface area contributed by atoms with Crippen molar-refractivity contribution in [3.05, 3.63) is 34.9 Å². The van der Waals surface area contributed by atoms with Crippen LogP contribution in [-0.4, -0.2) is 13.1 Å². The fraction of sp³-hybridized carbons (Fsp3) is 0.571. The van der Waals surface area contributed by atoms with Crippen molar-refractivity contribution in [2.24, 2.45) is 11.8 Å². The maximum Gasteiger partial charge on any atom is 0.0406 e. The van der Waals surface area contributed by atoms with Crippen LogP contribution in [0.4, 0.5) is 0 Å². The number of likely N-dealkylation sites (N-methyl/N-ethyl adjacent to an activating group) is 1. The summed E-state index contributed by atoms with van der Waals surface area (Å²) >= 11 is 5.88. The molecule has 1 aromatic rings. The lowest BCUT2D eigenvalue weighted by atomic mass is 9.87. The lowest BCUT2D eigenvalue weighted by molar-refractivity contribution is 0.310. The van der Waals surface area contributed by atoms with Crippen LogP contribution in [-0.2, 0) is 6.42 Å². The molecule has 2 heteroatoms. The van der Waals surface area contributed by atoms with Crippen molar-refractivity contribution in [2.75, 3.05) is 7.05 Å². The van der Waals surface area contributed by atoms with Gasteiger partial charge in [-0.1, -0.05) is 44.5 Å². The number of hydrogen-bond donors (Lipinski definition) is 1. The fourth-order valence-corrected chi connectivity index (χ4v) is 2.02. The van der Waals surface area contributed by atoms with E-state index in [1.54, 1.807) is 0 Å². The van der Waals surface area contributed by atoms with Gasteiger partial charge >= 0.3 is 0 Å². The Kier molecular flexibility index (Phi) is 5.30. The maximum absolute atomic E-state index is 5.88. The van der Waals surface area contributed by atoms with Crippen LogP contribution in [0.25, 0.3) is 0 Å². The molecule has 0 spiro atoms. The molecule has 0 fully saturated rings. The molecule has 0 aliphatic carbocycles. The molecule has 1 rings (SSSR count). The molecule has 0 radical (unpaired) electrons. The molecule has 2 atom stereocenters. The highest BCUT2D eigenvalue weighted by Crippen LogP contribution is 2.19. The minimum absolute atomic E-state index is 0.529. The van der Waals surface area contributed by atoms with E-state index in [9.17, 15) is 0 Å². The molecular formula is C14H22ClN. The summed E-state index contributed by atoms with van der Waals surface area (Å²) in [6, 6.07) is 8.67. The lowest BCUT2D eigenvalue weighted by Crippen LogP contribution is -2.36. The quantitative estimate of drug-likeness (QED) is 0.825. The third kappa shape index (κ3) is 3.80. The van der Waals surface area contributed by atoms with E-state index < -0.39 is 0 Å². The molecule has 2 unspecified atom stereocenters. The van der Waals surface area contributed by atoms with Gasteiger partial charge in [-0.2, -0.15) is 0 Å². The summed E-state index contributed by atoms with van der Waals surface area (Å²) < 4.78 is 0. The van der Waals surface area contributed by atoms with Gasteiger partial charge in [0, 0.05) is 11.1 Å². The molecule has 0 saturated carbocycles. The Morgan fingerprint density at radius 2 is 1.69 bits per heavy atom. The van der Waals surface area contributed by atoms with Gasteiger partial charge in [0.1, 0.15) is 0 Å². The van der Waals surface area contributed by atoms with Crippen molar-refractivity contribution in [2.45, 2.75) is 33.2 Å². The zero-order valence-electron chi connectivity index (χ0n) is 10.6. The minimum atomic E-state index is 0.529. The van der Waals surface area contributed by atoms with Gasteiger partial charge in [-0.25, -0.2) is 0 Å². The Morgan fingerprint density at radius 1 is 1.12 bits per heavy atom. The summed E-state index contributed by atoms with van der Waals surface area (Å²) in [5.74, 6) is 1.37. The average molecular weight is 240 g/mol. The first kappa shape index (κ1) is 13.5. The topological polar surface area (TPSA) is 12.0 Å². The number of rotatable bonds is 5. The van der Waals surface area contributed by atoms with E-state index >= 15 is 0 Å². The second kappa shape index (κ2) is 6.27. The SMILES string of the molecule is CNC(Cc1ccc(Cl)cc1)C(C)C(C)C. The van der Waals surface area contributed by atoms with Crippen LogP contribution in [0.15, 0.2) is 24.3 Å². The fourth-order valence-electron chi connectivity index (χ4n) is 1.89. The van der Waals surface area contributed by atoms with Gasteiger partial charge in [0.2, 0.25) is 0 Å². The molecule has 90 valence electrons. The second-order valence-electron chi connectivity index (χ2n) is 4.83. The van der Waals surface area contributed by atoms with Crippen molar-refractivity contribution < 1.29 is 0 Å². The summed E-state index contributed by atoms with van der Waals surface area (Å²) in [6.07, 6.45) is 1.06. The number of hydrogen-bond acceptors (Lipinski definition) is 1. The van der Waals surface area contributed by atoms with Gasteiger partial charge in [-0.05, 0) is 43.0 Å². The van der Waals surface area contributed by atoms with Crippen LogP contribution in [0.3, 0.4) is 0 Å². The van der Waals surface area contributed by atoms with Gasteiger partial charge < -0.3 is 5.32 Å². The van der Waals surface area contributed by atoms with Crippen LogP contribution in [0, 0.1) is 11.8 Å². The second-order valence-corrected chi connectivity index (χ2v) is 5.27. The largest absolute Gasteiger partial charge is 0.316 e. The molecule has 1 N–H and O–H groups in total. The molecule has 0 heterocycles. The highest BCUT2D eigenvalue weighted by molar-refractivity contribution is 6.30. The predicted molar refractivity (Wildman–Crippen MR) is 72.0 cm³/mol. The standard InChI is InChI=1S/C14H22ClN/c1-10(2)11(3)14(16-4)9-12-5-7-13(15)8-6-12/h5-8,10-11,14,16H,9H2,1-4H3. The normalized spacial score (nSPS) is 15.1. The molecular weight excluding hydrogens is 218 g/mol. The minimum Gasteiger partial charge on any atom is -0.316 e. The number of benzene rings is 1. The Bertz CT molecular complexity index is 305. The van der Waals surface area contributed by atoms with E-state index in [2.05, 4.69) is 38.2 Å². The van der Waals surface area contributed by atoms with Crippen LogP contribution < -0.4 is 5.32 Å². The molecule has 0 aliphatic heterocycles. The van der Waals surface area contributed by atoms with Crippen LogP contribution >= 0.6 is 11.6 Å². The van der Waals surface area contributed by atoms with Gasteiger partial charge in [0.25, 0.3) is 0 Å². The third-order valence-corrected chi connectivity index (χ3v) is 3.68. The van der Waals surface area contributed by atoms with Gasteiger partial charge in [0.05, 0.1) is 0 Å². The predicted octanol–water partition coefficient (Wildman–Crippen LogP) is 3.76. The molecule has 0 aliphatic rings. The first-order valence-electron chi connectivity index (χ1n) is 5.96. The zero-order chi connectivity index (χ0) is 12.1. The number of nitrogens with one attached hydrogen (secondary N) is 1. The van der Waals surface area contributed by atoms with E-state index in [-0.39, 0.29) is 0 Å². The van der Waals surface area contributed by atoms with Crippen LogP contribution in [0.2, 0.25) is 5.02 Å².